The molecular weight excluding hydrogens is 200 g/mol. The summed E-state index contributed by atoms with van der Waals surface area (Å²) in [6.07, 6.45) is 0. The van der Waals surface area contributed by atoms with E-state index >= 15 is 0 Å². The zero-order valence-electron chi connectivity index (χ0n) is 7.77. The lowest BCUT2D eigenvalue weighted by atomic mass is 9.97. The van der Waals surface area contributed by atoms with Gasteiger partial charge in [0.05, 0.1) is 6.04 Å². The normalized spacial score (nSPS) is 26.2. The summed E-state index contributed by atoms with van der Waals surface area (Å²) in [5, 5.41) is 0.628. The van der Waals surface area contributed by atoms with E-state index in [4.69, 9.17) is 17.3 Å². The molecule has 0 aliphatic carbocycles. The number of rotatable bonds is 1. The molecule has 74 valence electrons. The van der Waals surface area contributed by atoms with Gasteiger partial charge < -0.3 is 10.6 Å². The molecule has 0 saturated carbocycles. The van der Waals surface area contributed by atoms with Gasteiger partial charge in [-0.15, -0.1) is 0 Å². The third kappa shape index (κ3) is 1.29. The minimum absolute atomic E-state index is 0.0419. The highest BCUT2D eigenvalue weighted by molar-refractivity contribution is 6.31. The molecule has 0 bridgehead atoms. The lowest BCUT2D eigenvalue weighted by molar-refractivity contribution is -0.125. The van der Waals surface area contributed by atoms with Crippen molar-refractivity contribution in [2.75, 3.05) is 4.90 Å². The molecule has 0 spiro atoms. The fourth-order valence-corrected chi connectivity index (χ4v) is 1.82. The van der Waals surface area contributed by atoms with Gasteiger partial charge in [-0.1, -0.05) is 17.7 Å². The van der Waals surface area contributed by atoms with E-state index < -0.39 is 0 Å². The van der Waals surface area contributed by atoms with Crippen molar-refractivity contribution in [1.29, 1.82) is 0 Å². The molecule has 0 radical (unpaired) electrons. The number of benzene rings is 1. The van der Waals surface area contributed by atoms with Crippen LogP contribution in [-0.4, -0.2) is 18.0 Å². The lowest BCUT2D eigenvalue weighted by Gasteiger charge is -2.43. The van der Waals surface area contributed by atoms with Crippen molar-refractivity contribution in [3.63, 3.8) is 0 Å². The Labute approximate surface area is 87.4 Å². The third-order valence-corrected chi connectivity index (χ3v) is 2.77. The maximum absolute atomic E-state index is 11.4. The first-order valence-electron chi connectivity index (χ1n) is 4.45. The Morgan fingerprint density at radius 3 is 2.79 bits per heavy atom. The molecule has 1 heterocycles. The number of halogens is 1. The summed E-state index contributed by atoms with van der Waals surface area (Å²) in [6, 6.07) is 6.91. The molecule has 0 aromatic heterocycles. The number of carbonyl (C=O) groups excluding carboxylic acids is 1. The predicted molar refractivity (Wildman–Crippen MR) is 56.4 cm³/mol. The monoisotopic (exact) mass is 210 g/mol. The molecule has 2 N–H and O–H groups in total. The smallest absolute Gasteiger partial charge is 0.246 e. The van der Waals surface area contributed by atoms with Crippen LogP contribution >= 0.6 is 11.6 Å². The van der Waals surface area contributed by atoms with Crippen LogP contribution in [0.25, 0.3) is 0 Å². The Hall–Kier alpha value is -1.06. The van der Waals surface area contributed by atoms with Crippen LogP contribution in [-0.2, 0) is 4.79 Å². The molecule has 0 unspecified atom stereocenters. The highest BCUT2D eigenvalue weighted by Crippen LogP contribution is 2.28. The molecule has 1 aromatic carbocycles. The minimum atomic E-state index is -0.367. The van der Waals surface area contributed by atoms with Gasteiger partial charge in [0.2, 0.25) is 5.91 Å². The van der Waals surface area contributed by atoms with Crippen molar-refractivity contribution in [1.82, 2.24) is 0 Å². The van der Waals surface area contributed by atoms with Crippen LogP contribution in [0.5, 0.6) is 0 Å². The minimum Gasteiger partial charge on any atom is -0.318 e. The van der Waals surface area contributed by atoms with Gasteiger partial charge in [0.1, 0.15) is 6.04 Å². The topological polar surface area (TPSA) is 46.3 Å². The second-order valence-electron chi connectivity index (χ2n) is 3.45. The van der Waals surface area contributed by atoms with Crippen LogP contribution in [0.3, 0.4) is 0 Å². The zero-order valence-corrected chi connectivity index (χ0v) is 8.53. The van der Waals surface area contributed by atoms with E-state index in [1.165, 1.54) is 0 Å². The Morgan fingerprint density at radius 1 is 1.50 bits per heavy atom. The van der Waals surface area contributed by atoms with Crippen LogP contribution in [0.2, 0.25) is 5.02 Å². The Bertz CT molecular complexity index is 380. The maximum atomic E-state index is 11.4. The molecule has 1 fully saturated rings. The molecule has 2 rings (SSSR count). The fraction of sp³-hybridized carbons (Fsp3) is 0.300. The summed E-state index contributed by atoms with van der Waals surface area (Å²) in [7, 11) is 0. The van der Waals surface area contributed by atoms with Crippen molar-refractivity contribution in [3.8, 4) is 0 Å². The van der Waals surface area contributed by atoms with Crippen molar-refractivity contribution in [2.45, 2.75) is 19.0 Å². The summed E-state index contributed by atoms with van der Waals surface area (Å²) in [6.45, 7) is 1.92. The second kappa shape index (κ2) is 3.26. The SMILES string of the molecule is C[C@@H]1[C@@H](N)C(=O)N1c1cccc(Cl)c1. The van der Waals surface area contributed by atoms with Crippen molar-refractivity contribution >= 4 is 23.2 Å². The number of anilines is 1. The largest absolute Gasteiger partial charge is 0.318 e. The molecule has 1 aliphatic heterocycles. The van der Waals surface area contributed by atoms with Gasteiger partial charge in [-0.25, -0.2) is 0 Å². The van der Waals surface area contributed by atoms with E-state index in [-0.39, 0.29) is 18.0 Å². The van der Waals surface area contributed by atoms with Crippen LogP contribution in [0.15, 0.2) is 24.3 Å². The summed E-state index contributed by atoms with van der Waals surface area (Å²) in [5.41, 5.74) is 6.42. The summed E-state index contributed by atoms with van der Waals surface area (Å²) < 4.78 is 0. The summed E-state index contributed by atoms with van der Waals surface area (Å²) in [5.74, 6) is -0.0419. The van der Waals surface area contributed by atoms with Gasteiger partial charge in [-0.2, -0.15) is 0 Å². The first-order valence-corrected chi connectivity index (χ1v) is 4.83. The van der Waals surface area contributed by atoms with Crippen LogP contribution in [0, 0.1) is 0 Å². The van der Waals surface area contributed by atoms with E-state index in [1.54, 1.807) is 17.0 Å². The van der Waals surface area contributed by atoms with E-state index in [0.29, 0.717) is 5.02 Å². The average Bonchev–Trinajstić information content (AvgIpc) is 2.18. The van der Waals surface area contributed by atoms with Gasteiger partial charge >= 0.3 is 0 Å². The average molecular weight is 211 g/mol. The van der Waals surface area contributed by atoms with Gasteiger partial charge in [0, 0.05) is 10.7 Å². The maximum Gasteiger partial charge on any atom is 0.246 e. The van der Waals surface area contributed by atoms with Crippen molar-refractivity contribution in [2.24, 2.45) is 5.73 Å². The van der Waals surface area contributed by atoms with E-state index in [0.717, 1.165) is 5.69 Å². The molecule has 1 aromatic rings. The lowest BCUT2D eigenvalue weighted by Crippen LogP contribution is -2.67. The van der Waals surface area contributed by atoms with Gasteiger partial charge in [0.25, 0.3) is 0 Å². The van der Waals surface area contributed by atoms with Crippen molar-refractivity contribution < 1.29 is 4.79 Å². The Morgan fingerprint density at radius 2 is 2.21 bits per heavy atom. The van der Waals surface area contributed by atoms with Crippen LogP contribution in [0.1, 0.15) is 6.92 Å². The number of hydrogen-bond donors (Lipinski definition) is 1. The molecule has 1 saturated heterocycles. The van der Waals surface area contributed by atoms with Gasteiger partial charge in [-0.05, 0) is 25.1 Å². The van der Waals surface area contributed by atoms with Gasteiger partial charge in [-0.3, -0.25) is 4.79 Å². The van der Waals surface area contributed by atoms with E-state index in [9.17, 15) is 4.79 Å². The zero-order chi connectivity index (χ0) is 10.3. The number of hydrogen-bond acceptors (Lipinski definition) is 2. The van der Waals surface area contributed by atoms with E-state index in [1.807, 2.05) is 19.1 Å². The molecule has 3 nitrogen and oxygen atoms in total. The van der Waals surface area contributed by atoms with Gasteiger partial charge in [0.15, 0.2) is 0 Å². The standard InChI is InChI=1S/C10H11ClN2O/c1-6-9(12)10(14)13(6)8-4-2-3-7(11)5-8/h2-6,9H,12H2,1H3/t6-,9-/m1/s1. The highest BCUT2D eigenvalue weighted by atomic mass is 35.5. The quantitative estimate of drug-likeness (QED) is 0.713. The van der Waals surface area contributed by atoms with E-state index in [2.05, 4.69) is 0 Å². The van der Waals surface area contributed by atoms with Crippen molar-refractivity contribution in [3.05, 3.63) is 29.3 Å². The number of carbonyl (C=O) groups is 1. The first kappa shape index (κ1) is 9.49. The first-order chi connectivity index (χ1) is 6.61. The number of nitrogens with two attached hydrogens (primary N) is 1. The fourth-order valence-electron chi connectivity index (χ4n) is 1.63. The number of nitrogens with zero attached hydrogens (tertiary/aromatic N) is 1. The summed E-state index contributed by atoms with van der Waals surface area (Å²) in [4.78, 5) is 13.1. The van der Waals surface area contributed by atoms with Crippen LogP contribution < -0.4 is 10.6 Å². The predicted octanol–water partition coefficient (Wildman–Crippen LogP) is 1.40. The molecule has 14 heavy (non-hydrogen) atoms. The summed E-state index contributed by atoms with van der Waals surface area (Å²) >= 11 is 5.83. The third-order valence-electron chi connectivity index (χ3n) is 2.54. The Kier molecular flexibility index (Phi) is 2.21. The van der Waals surface area contributed by atoms with Crippen LogP contribution in [0.4, 0.5) is 5.69 Å². The molecular formula is C10H11ClN2O. The second-order valence-corrected chi connectivity index (χ2v) is 3.89. The Balaban J connectivity index is 2.29. The highest BCUT2D eigenvalue weighted by Gasteiger charge is 2.42. The molecule has 2 atom stereocenters. The molecule has 1 amide bonds. The number of β-lactam (4-membered cyclic amide) rings is 1. The molecule has 1 aliphatic rings. The number of amides is 1. The molecule has 4 heteroatoms.